The molecule has 2 atom stereocenters. The molecule has 0 aliphatic heterocycles. The summed E-state index contributed by atoms with van der Waals surface area (Å²) in [6.07, 6.45) is 5.04. The first kappa shape index (κ1) is 13.4. The van der Waals surface area contributed by atoms with Crippen LogP contribution in [-0.2, 0) is 9.59 Å². The van der Waals surface area contributed by atoms with Crippen molar-refractivity contribution in [1.29, 1.82) is 0 Å². The molecule has 0 heterocycles. The van der Waals surface area contributed by atoms with Gasteiger partial charge in [-0.1, -0.05) is 13.8 Å². The van der Waals surface area contributed by atoms with E-state index >= 15 is 0 Å². The average Bonchev–Trinajstić information content (AvgIpc) is 3.03. The number of rotatable bonds is 4. The number of hydrogen-bond acceptors (Lipinski definition) is 2. The molecular formula is C14H23NO3. The zero-order valence-corrected chi connectivity index (χ0v) is 11.2. The fourth-order valence-corrected chi connectivity index (χ4v) is 2.99. The lowest BCUT2D eigenvalue weighted by Gasteiger charge is -2.27. The molecule has 0 aromatic carbocycles. The van der Waals surface area contributed by atoms with Crippen molar-refractivity contribution in [2.24, 2.45) is 17.3 Å². The average molecular weight is 253 g/mol. The Morgan fingerprint density at radius 3 is 2.33 bits per heavy atom. The highest BCUT2D eigenvalue weighted by Gasteiger charge is 2.53. The summed E-state index contributed by atoms with van der Waals surface area (Å²) in [5.74, 6) is -0.543. The lowest BCUT2D eigenvalue weighted by atomic mass is 9.86. The predicted molar refractivity (Wildman–Crippen MR) is 68.0 cm³/mol. The van der Waals surface area contributed by atoms with Gasteiger partial charge < -0.3 is 10.4 Å². The molecule has 2 aliphatic rings. The van der Waals surface area contributed by atoms with Crippen LogP contribution in [-0.4, -0.2) is 23.0 Å². The van der Waals surface area contributed by atoms with Crippen LogP contribution in [0.1, 0.15) is 52.4 Å². The number of nitrogens with one attached hydrogen (secondary N) is 1. The monoisotopic (exact) mass is 253 g/mol. The van der Waals surface area contributed by atoms with Crippen molar-refractivity contribution in [2.45, 2.75) is 58.4 Å². The van der Waals surface area contributed by atoms with Gasteiger partial charge in [0, 0.05) is 12.0 Å². The van der Waals surface area contributed by atoms with E-state index in [1.807, 2.05) is 0 Å². The lowest BCUT2D eigenvalue weighted by Crippen LogP contribution is -2.40. The third kappa shape index (κ3) is 2.68. The number of amides is 1. The second-order valence-corrected chi connectivity index (χ2v) is 6.16. The van der Waals surface area contributed by atoms with Gasteiger partial charge in [-0.25, -0.2) is 0 Å². The van der Waals surface area contributed by atoms with Crippen molar-refractivity contribution in [3.63, 3.8) is 0 Å². The van der Waals surface area contributed by atoms with Gasteiger partial charge in [0.2, 0.25) is 5.91 Å². The Bertz CT molecular complexity index is 347. The van der Waals surface area contributed by atoms with E-state index < -0.39 is 5.97 Å². The minimum atomic E-state index is -0.694. The van der Waals surface area contributed by atoms with Gasteiger partial charge in [0.1, 0.15) is 0 Å². The van der Waals surface area contributed by atoms with Crippen LogP contribution in [0.4, 0.5) is 0 Å². The van der Waals surface area contributed by atoms with Crippen LogP contribution in [0.3, 0.4) is 0 Å². The highest BCUT2D eigenvalue weighted by Crippen LogP contribution is 2.54. The Kier molecular flexibility index (Phi) is 3.64. The Balaban J connectivity index is 1.76. The van der Waals surface area contributed by atoms with Crippen LogP contribution < -0.4 is 5.32 Å². The third-order valence-electron chi connectivity index (χ3n) is 4.90. The maximum absolute atomic E-state index is 12.0. The van der Waals surface area contributed by atoms with Crippen molar-refractivity contribution in [3.8, 4) is 0 Å². The van der Waals surface area contributed by atoms with E-state index in [9.17, 15) is 9.59 Å². The summed E-state index contributed by atoms with van der Waals surface area (Å²) in [5.41, 5.74) is 0.211. The molecule has 0 spiro atoms. The summed E-state index contributed by atoms with van der Waals surface area (Å²) < 4.78 is 0. The molecule has 2 rings (SSSR count). The summed E-state index contributed by atoms with van der Waals surface area (Å²) in [5, 5.41) is 12.0. The molecule has 2 N–H and O–H groups in total. The fourth-order valence-electron chi connectivity index (χ4n) is 2.99. The summed E-state index contributed by atoms with van der Waals surface area (Å²) in [6.45, 7) is 4.30. The normalized spacial score (nSPS) is 39.1. The van der Waals surface area contributed by atoms with Crippen LogP contribution in [0.15, 0.2) is 0 Å². The summed E-state index contributed by atoms with van der Waals surface area (Å²) >= 11 is 0. The fraction of sp³-hybridized carbons (Fsp3) is 0.857. The van der Waals surface area contributed by atoms with Crippen molar-refractivity contribution < 1.29 is 14.7 Å². The topological polar surface area (TPSA) is 66.4 Å². The summed E-state index contributed by atoms with van der Waals surface area (Å²) in [4.78, 5) is 22.9. The third-order valence-corrected chi connectivity index (χ3v) is 4.90. The summed E-state index contributed by atoms with van der Waals surface area (Å²) in [6, 6.07) is 0.190. The van der Waals surface area contributed by atoms with Gasteiger partial charge in [-0.3, -0.25) is 9.59 Å². The van der Waals surface area contributed by atoms with Gasteiger partial charge >= 0.3 is 5.97 Å². The van der Waals surface area contributed by atoms with E-state index in [2.05, 4.69) is 19.2 Å². The minimum absolute atomic E-state index is 0.179. The lowest BCUT2D eigenvalue weighted by molar-refractivity contribution is -0.142. The zero-order chi connectivity index (χ0) is 13.3. The second-order valence-electron chi connectivity index (χ2n) is 6.16. The molecule has 2 unspecified atom stereocenters. The van der Waals surface area contributed by atoms with Crippen molar-refractivity contribution in [1.82, 2.24) is 5.32 Å². The van der Waals surface area contributed by atoms with E-state index in [0.717, 1.165) is 25.7 Å². The van der Waals surface area contributed by atoms with Crippen LogP contribution in [0.2, 0.25) is 0 Å². The van der Waals surface area contributed by atoms with Gasteiger partial charge in [-0.15, -0.1) is 0 Å². The van der Waals surface area contributed by atoms with E-state index in [0.29, 0.717) is 12.8 Å². The highest BCUT2D eigenvalue weighted by molar-refractivity contribution is 5.82. The van der Waals surface area contributed by atoms with Gasteiger partial charge in [-0.05, 0) is 43.9 Å². The number of hydrogen-bond donors (Lipinski definition) is 2. The molecule has 2 aliphatic carbocycles. The molecule has 4 heteroatoms. The molecule has 0 aromatic heterocycles. The standard InChI is InChI=1S/C14H23NO3/c1-3-14(2)8-11(14)12(16)15-10-6-4-9(5-7-10)13(17)18/h9-11H,3-8H2,1-2H3,(H,15,16)(H,17,18). The van der Waals surface area contributed by atoms with Crippen LogP contribution >= 0.6 is 0 Å². The van der Waals surface area contributed by atoms with Crippen LogP contribution in [0.5, 0.6) is 0 Å². The van der Waals surface area contributed by atoms with Crippen molar-refractivity contribution in [2.75, 3.05) is 0 Å². The summed E-state index contributed by atoms with van der Waals surface area (Å²) in [7, 11) is 0. The minimum Gasteiger partial charge on any atom is -0.481 e. The van der Waals surface area contributed by atoms with Gasteiger partial charge in [0.25, 0.3) is 0 Å². The first-order valence-electron chi connectivity index (χ1n) is 6.99. The smallest absolute Gasteiger partial charge is 0.306 e. The molecule has 0 aromatic rings. The molecule has 0 radical (unpaired) electrons. The van der Waals surface area contributed by atoms with E-state index in [1.54, 1.807) is 0 Å². The molecule has 1 amide bonds. The van der Waals surface area contributed by atoms with Crippen LogP contribution in [0, 0.1) is 17.3 Å². The van der Waals surface area contributed by atoms with Crippen molar-refractivity contribution >= 4 is 11.9 Å². The van der Waals surface area contributed by atoms with Gasteiger partial charge in [0.05, 0.1) is 5.92 Å². The SMILES string of the molecule is CCC1(C)CC1C(=O)NC1CCC(C(=O)O)CC1. The predicted octanol–water partition coefficient (Wildman–Crippen LogP) is 2.18. The quantitative estimate of drug-likeness (QED) is 0.807. The van der Waals surface area contributed by atoms with Crippen LogP contribution in [0.25, 0.3) is 0 Å². The maximum Gasteiger partial charge on any atom is 0.306 e. The van der Waals surface area contributed by atoms with Gasteiger partial charge in [-0.2, -0.15) is 0 Å². The molecular weight excluding hydrogens is 230 g/mol. The molecule has 0 bridgehead atoms. The van der Waals surface area contributed by atoms with E-state index in [-0.39, 0.29) is 29.2 Å². The molecule has 102 valence electrons. The van der Waals surface area contributed by atoms with E-state index in [4.69, 9.17) is 5.11 Å². The molecule has 2 fully saturated rings. The second kappa shape index (κ2) is 4.90. The highest BCUT2D eigenvalue weighted by atomic mass is 16.4. The molecule has 18 heavy (non-hydrogen) atoms. The number of aliphatic carboxylic acids is 1. The Labute approximate surface area is 108 Å². The van der Waals surface area contributed by atoms with Crippen molar-refractivity contribution in [3.05, 3.63) is 0 Å². The first-order chi connectivity index (χ1) is 8.46. The molecule has 4 nitrogen and oxygen atoms in total. The number of carbonyl (C=O) groups excluding carboxylic acids is 1. The Morgan fingerprint density at radius 2 is 1.89 bits per heavy atom. The Morgan fingerprint density at radius 1 is 1.28 bits per heavy atom. The van der Waals surface area contributed by atoms with Gasteiger partial charge in [0.15, 0.2) is 0 Å². The Hall–Kier alpha value is -1.06. The zero-order valence-electron chi connectivity index (χ0n) is 11.2. The number of carboxylic acid groups (broad SMARTS) is 1. The first-order valence-corrected chi connectivity index (χ1v) is 6.99. The van der Waals surface area contributed by atoms with E-state index in [1.165, 1.54) is 0 Å². The molecule has 0 saturated heterocycles. The number of carboxylic acids is 1. The number of carbonyl (C=O) groups is 2. The largest absolute Gasteiger partial charge is 0.481 e. The maximum atomic E-state index is 12.0. The molecule has 2 saturated carbocycles.